The third-order valence-corrected chi connectivity index (χ3v) is 3.66. The molecule has 0 unspecified atom stereocenters. The van der Waals surface area contributed by atoms with E-state index in [1.807, 2.05) is 0 Å². The number of aromatic nitrogens is 3. The van der Waals surface area contributed by atoms with Gasteiger partial charge in [0.1, 0.15) is 12.1 Å². The van der Waals surface area contributed by atoms with Gasteiger partial charge in [-0.1, -0.05) is 0 Å². The molecule has 0 spiro atoms. The molecule has 84 valence electrons. The number of nitrogens with zero attached hydrogens (tertiary/aromatic N) is 3. The summed E-state index contributed by atoms with van der Waals surface area (Å²) in [5.74, 6) is -0.375. The number of anilines is 1. The van der Waals surface area contributed by atoms with Gasteiger partial charge in [-0.3, -0.25) is 0 Å². The number of benzene rings is 1. The van der Waals surface area contributed by atoms with Crippen molar-refractivity contribution in [2.75, 3.05) is 5.73 Å². The summed E-state index contributed by atoms with van der Waals surface area (Å²) in [6.45, 7) is 0. The summed E-state index contributed by atoms with van der Waals surface area (Å²) < 4.78 is 15.2. The second-order valence-electron chi connectivity index (χ2n) is 3.07. The molecule has 0 amide bonds. The Morgan fingerprint density at radius 2 is 2.25 bits per heavy atom. The topological polar surface area (TPSA) is 56.7 Å². The van der Waals surface area contributed by atoms with Gasteiger partial charge in [0.05, 0.1) is 4.47 Å². The van der Waals surface area contributed by atoms with E-state index in [1.54, 1.807) is 17.8 Å². The van der Waals surface area contributed by atoms with Crippen LogP contribution in [0.25, 0.3) is 0 Å². The molecule has 0 saturated heterocycles. The number of hydrogen-bond acceptors (Lipinski definition) is 4. The van der Waals surface area contributed by atoms with Crippen LogP contribution in [-0.2, 0) is 7.05 Å². The number of rotatable bonds is 2. The van der Waals surface area contributed by atoms with Crippen LogP contribution in [0.3, 0.4) is 0 Å². The van der Waals surface area contributed by atoms with Crippen molar-refractivity contribution in [1.29, 1.82) is 0 Å². The lowest BCUT2D eigenvalue weighted by atomic mass is 10.3. The molecule has 7 heteroatoms. The van der Waals surface area contributed by atoms with Crippen molar-refractivity contribution >= 4 is 33.4 Å². The predicted molar refractivity (Wildman–Crippen MR) is 63.6 cm³/mol. The Morgan fingerprint density at radius 1 is 1.50 bits per heavy atom. The van der Waals surface area contributed by atoms with Crippen LogP contribution in [0.15, 0.2) is 33.0 Å². The Kier molecular flexibility index (Phi) is 3.15. The normalized spacial score (nSPS) is 10.7. The zero-order chi connectivity index (χ0) is 11.7. The van der Waals surface area contributed by atoms with Crippen LogP contribution in [0.2, 0.25) is 0 Å². The smallest absolute Gasteiger partial charge is 0.190 e. The van der Waals surface area contributed by atoms with Crippen LogP contribution < -0.4 is 5.73 Å². The molecule has 0 aliphatic rings. The van der Waals surface area contributed by atoms with E-state index in [4.69, 9.17) is 5.73 Å². The molecule has 0 bridgehead atoms. The lowest BCUT2D eigenvalue weighted by Crippen LogP contribution is -1.95. The molecule has 16 heavy (non-hydrogen) atoms. The number of halogens is 2. The fraction of sp³-hybridized carbons (Fsp3) is 0.111. The van der Waals surface area contributed by atoms with Crippen LogP contribution in [0.4, 0.5) is 10.1 Å². The van der Waals surface area contributed by atoms with Crippen molar-refractivity contribution in [2.24, 2.45) is 7.05 Å². The summed E-state index contributed by atoms with van der Waals surface area (Å²) in [4.78, 5) is 4.79. The van der Waals surface area contributed by atoms with Crippen LogP contribution in [0.1, 0.15) is 0 Å². The summed E-state index contributed by atoms with van der Waals surface area (Å²) in [7, 11) is 1.78. The lowest BCUT2D eigenvalue weighted by molar-refractivity contribution is 0.620. The number of hydrogen-bond donors (Lipinski definition) is 1. The first kappa shape index (κ1) is 11.4. The molecule has 0 atom stereocenters. The molecule has 2 aromatic rings. The van der Waals surface area contributed by atoms with Gasteiger partial charge in [0.25, 0.3) is 0 Å². The standard InChI is InChI=1S/C9H8BrFN4S/c1-15-9(13-4-14-15)16-8-2-5(10)6(11)3-7(8)12/h2-4H,12H2,1H3. The Bertz CT molecular complexity index is 528. The second-order valence-corrected chi connectivity index (χ2v) is 4.94. The van der Waals surface area contributed by atoms with Crippen molar-refractivity contribution in [2.45, 2.75) is 10.1 Å². The van der Waals surface area contributed by atoms with Gasteiger partial charge >= 0.3 is 0 Å². The Morgan fingerprint density at radius 3 is 2.88 bits per heavy atom. The summed E-state index contributed by atoms with van der Waals surface area (Å²) in [6.07, 6.45) is 1.46. The molecule has 2 rings (SSSR count). The average Bonchev–Trinajstić information content (AvgIpc) is 2.61. The van der Waals surface area contributed by atoms with Crippen LogP contribution in [-0.4, -0.2) is 14.8 Å². The van der Waals surface area contributed by atoms with Gasteiger partial charge in [-0.15, -0.1) is 0 Å². The number of nitrogens with two attached hydrogens (primary N) is 1. The monoisotopic (exact) mass is 302 g/mol. The predicted octanol–water partition coefficient (Wildman–Crippen LogP) is 2.45. The lowest BCUT2D eigenvalue weighted by Gasteiger charge is -2.05. The molecule has 1 aromatic carbocycles. The molecule has 1 aromatic heterocycles. The maximum absolute atomic E-state index is 13.1. The number of aryl methyl sites for hydroxylation is 1. The molecule has 0 radical (unpaired) electrons. The van der Waals surface area contributed by atoms with E-state index in [2.05, 4.69) is 26.0 Å². The minimum absolute atomic E-state index is 0.375. The zero-order valence-electron chi connectivity index (χ0n) is 8.32. The Balaban J connectivity index is 2.35. The summed E-state index contributed by atoms with van der Waals surface area (Å²) in [6, 6.07) is 2.91. The minimum atomic E-state index is -0.375. The SMILES string of the molecule is Cn1ncnc1Sc1cc(Br)c(F)cc1N. The molecule has 4 nitrogen and oxygen atoms in total. The van der Waals surface area contributed by atoms with Crippen LogP contribution in [0, 0.1) is 5.82 Å². The molecular weight excluding hydrogens is 295 g/mol. The maximum Gasteiger partial charge on any atom is 0.190 e. The van der Waals surface area contributed by atoms with Gasteiger partial charge in [0.2, 0.25) is 0 Å². The molecule has 2 N–H and O–H groups in total. The van der Waals surface area contributed by atoms with Crippen molar-refractivity contribution in [3.8, 4) is 0 Å². The van der Waals surface area contributed by atoms with E-state index in [0.717, 1.165) is 4.90 Å². The van der Waals surface area contributed by atoms with Gasteiger partial charge in [0.15, 0.2) is 5.16 Å². The first-order valence-electron chi connectivity index (χ1n) is 4.34. The third-order valence-electron chi connectivity index (χ3n) is 1.92. The fourth-order valence-corrected chi connectivity index (χ4v) is 2.43. The van der Waals surface area contributed by atoms with E-state index < -0.39 is 0 Å². The summed E-state index contributed by atoms with van der Waals surface area (Å²) in [5, 5.41) is 4.64. The first-order valence-corrected chi connectivity index (χ1v) is 5.95. The quantitative estimate of drug-likeness (QED) is 0.866. The highest BCUT2D eigenvalue weighted by molar-refractivity contribution is 9.10. The average molecular weight is 303 g/mol. The van der Waals surface area contributed by atoms with Crippen molar-refractivity contribution in [1.82, 2.24) is 14.8 Å². The Hall–Kier alpha value is -1.08. The third kappa shape index (κ3) is 2.19. The molecule has 0 fully saturated rings. The molecule has 0 saturated carbocycles. The highest BCUT2D eigenvalue weighted by Gasteiger charge is 2.10. The van der Waals surface area contributed by atoms with E-state index in [9.17, 15) is 4.39 Å². The minimum Gasteiger partial charge on any atom is -0.398 e. The van der Waals surface area contributed by atoms with Gasteiger partial charge in [-0.25, -0.2) is 14.1 Å². The highest BCUT2D eigenvalue weighted by Crippen LogP contribution is 2.33. The van der Waals surface area contributed by atoms with Gasteiger partial charge in [-0.05, 0) is 39.8 Å². The van der Waals surface area contributed by atoms with E-state index in [1.165, 1.54) is 24.2 Å². The highest BCUT2D eigenvalue weighted by atomic mass is 79.9. The van der Waals surface area contributed by atoms with Crippen molar-refractivity contribution < 1.29 is 4.39 Å². The van der Waals surface area contributed by atoms with Crippen molar-refractivity contribution in [3.05, 3.63) is 28.7 Å². The van der Waals surface area contributed by atoms with Crippen LogP contribution >= 0.6 is 27.7 Å². The molecule has 0 aliphatic carbocycles. The maximum atomic E-state index is 13.1. The molecular formula is C9H8BrFN4S. The van der Waals surface area contributed by atoms with E-state index in [0.29, 0.717) is 15.3 Å². The summed E-state index contributed by atoms with van der Waals surface area (Å²) in [5.41, 5.74) is 6.10. The summed E-state index contributed by atoms with van der Waals surface area (Å²) >= 11 is 4.45. The van der Waals surface area contributed by atoms with Crippen molar-refractivity contribution in [3.63, 3.8) is 0 Å². The van der Waals surface area contributed by atoms with Gasteiger partial charge in [-0.2, -0.15) is 5.10 Å². The first-order chi connectivity index (χ1) is 7.58. The van der Waals surface area contributed by atoms with Gasteiger partial charge in [0, 0.05) is 17.6 Å². The zero-order valence-corrected chi connectivity index (χ0v) is 10.7. The molecule has 1 heterocycles. The van der Waals surface area contributed by atoms with Crippen LogP contribution in [0.5, 0.6) is 0 Å². The largest absolute Gasteiger partial charge is 0.398 e. The van der Waals surface area contributed by atoms with Gasteiger partial charge < -0.3 is 5.73 Å². The Labute approximate surface area is 104 Å². The fourth-order valence-electron chi connectivity index (χ4n) is 1.11. The number of nitrogen functional groups attached to an aromatic ring is 1. The van der Waals surface area contributed by atoms with E-state index >= 15 is 0 Å². The van der Waals surface area contributed by atoms with E-state index in [-0.39, 0.29) is 5.82 Å². The second kappa shape index (κ2) is 4.42. The molecule has 0 aliphatic heterocycles.